The number of aliphatic hydroxyl groups is 1. The molecule has 0 radical (unpaired) electrons. The van der Waals surface area contributed by atoms with Crippen molar-refractivity contribution in [3.63, 3.8) is 0 Å². The molecule has 15 nitrogen and oxygen atoms in total. The number of nitrogens with one attached hydrogen (secondary N) is 2. The summed E-state index contributed by atoms with van der Waals surface area (Å²) in [7, 11) is 0. The van der Waals surface area contributed by atoms with Crippen molar-refractivity contribution in [2.75, 3.05) is 49.5 Å². The van der Waals surface area contributed by atoms with Crippen molar-refractivity contribution in [3.8, 4) is 6.07 Å². The summed E-state index contributed by atoms with van der Waals surface area (Å²) in [5, 5.41) is 49.5. The molecule has 3 N–H and O–H groups in total. The van der Waals surface area contributed by atoms with Crippen LogP contribution in [0.2, 0.25) is 0 Å². The van der Waals surface area contributed by atoms with E-state index in [1.165, 1.54) is 22.8 Å². The molecule has 17 heteroatoms. The first-order valence-corrected chi connectivity index (χ1v) is 20.5. The molecule has 0 unspecified atom stereocenters. The second kappa shape index (κ2) is 15.0. The number of rotatable bonds is 8. The minimum Gasteiger partial charge on any atom is -0.632 e. The number of anilines is 2. The number of carbonyl (C=O) groups is 3. The van der Waals surface area contributed by atoms with Crippen LogP contribution in [0.15, 0.2) is 54.9 Å². The number of hydroxylamine groups is 3. The molecule has 4 aliphatic rings. The summed E-state index contributed by atoms with van der Waals surface area (Å²) in [5.74, 6) is -4.27. The van der Waals surface area contributed by atoms with Gasteiger partial charge in [0.15, 0.2) is 0 Å². The minimum atomic E-state index is -1.28. The third kappa shape index (κ3) is 7.27. The molecular weight excluding hydrogens is 775 g/mol. The highest BCUT2D eigenvalue weighted by atomic mass is 19.1. The van der Waals surface area contributed by atoms with Gasteiger partial charge in [0.25, 0.3) is 5.91 Å². The number of fused-ring (bicyclic) bond motifs is 2. The third-order valence-electron chi connectivity index (χ3n) is 13.1. The molecule has 1 atom stereocenters. The highest BCUT2D eigenvalue weighted by Crippen LogP contribution is 2.38. The maximum absolute atomic E-state index is 15.2. The minimum absolute atomic E-state index is 0.0230. The van der Waals surface area contributed by atoms with Crippen LogP contribution in [-0.4, -0.2) is 103 Å². The molecule has 5 aromatic rings. The lowest BCUT2D eigenvalue weighted by molar-refractivity contribution is -0.910. The van der Waals surface area contributed by atoms with Crippen molar-refractivity contribution in [3.05, 3.63) is 94.1 Å². The van der Waals surface area contributed by atoms with Gasteiger partial charge >= 0.3 is 0 Å². The van der Waals surface area contributed by atoms with E-state index >= 15 is 8.78 Å². The van der Waals surface area contributed by atoms with Gasteiger partial charge in [-0.25, -0.2) is 13.3 Å². The Kier molecular flexibility index (Phi) is 9.93. The largest absolute Gasteiger partial charge is 0.632 e. The zero-order valence-corrected chi connectivity index (χ0v) is 33.4. The van der Waals surface area contributed by atoms with Crippen LogP contribution in [0.4, 0.5) is 20.2 Å². The third-order valence-corrected chi connectivity index (χ3v) is 13.1. The van der Waals surface area contributed by atoms with Gasteiger partial charge in [-0.3, -0.25) is 29.3 Å². The number of halogens is 2. The molecule has 1 saturated carbocycles. The molecule has 1 aliphatic carbocycles. The number of piperidine rings is 1. The zero-order valence-electron chi connectivity index (χ0n) is 33.4. The number of hydrogen-bond acceptors (Lipinski definition) is 10. The normalized spacial score (nSPS) is 22.8. The Morgan fingerprint density at radius 2 is 1.72 bits per heavy atom. The molecule has 60 heavy (non-hydrogen) atoms. The Balaban J connectivity index is 0.799. The number of imide groups is 1. The van der Waals surface area contributed by atoms with Crippen molar-refractivity contribution in [2.45, 2.75) is 82.0 Å². The number of quaternary nitrogens is 1. The molecular formula is C43H46F2N10O5. The van der Waals surface area contributed by atoms with Crippen molar-refractivity contribution in [1.82, 2.24) is 29.6 Å². The van der Waals surface area contributed by atoms with Gasteiger partial charge < -0.3 is 25.2 Å². The molecule has 312 valence electrons. The number of nitriles is 1. The van der Waals surface area contributed by atoms with E-state index in [1.807, 2.05) is 23.0 Å². The lowest BCUT2D eigenvalue weighted by Gasteiger charge is -2.59. The average molecular weight is 821 g/mol. The van der Waals surface area contributed by atoms with Crippen molar-refractivity contribution in [1.29, 1.82) is 5.26 Å². The number of benzene rings is 2. The summed E-state index contributed by atoms with van der Waals surface area (Å²) >= 11 is 0. The smallest absolute Gasteiger partial charge is 0.274 e. The van der Waals surface area contributed by atoms with Crippen LogP contribution >= 0.6 is 0 Å². The monoisotopic (exact) mass is 820 g/mol. The van der Waals surface area contributed by atoms with Crippen molar-refractivity contribution >= 4 is 45.5 Å². The Bertz CT molecular complexity index is 2550. The van der Waals surface area contributed by atoms with Crippen LogP contribution in [0.5, 0.6) is 0 Å². The molecule has 3 aliphatic heterocycles. The highest BCUT2D eigenvalue weighted by molar-refractivity contribution is 6.05. The maximum Gasteiger partial charge on any atom is 0.274 e. The van der Waals surface area contributed by atoms with E-state index in [0.717, 1.165) is 31.1 Å². The Morgan fingerprint density at radius 1 is 1.02 bits per heavy atom. The summed E-state index contributed by atoms with van der Waals surface area (Å²) in [5.41, 5.74) is 1.72. The molecule has 3 saturated heterocycles. The Labute approximate surface area is 344 Å². The number of amides is 3. The highest BCUT2D eigenvalue weighted by Gasteiger charge is 2.43. The summed E-state index contributed by atoms with van der Waals surface area (Å²) in [6.07, 6.45) is 7.19. The average Bonchev–Trinajstić information content (AvgIpc) is 3.81. The van der Waals surface area contributed by atoms with Gasteiger partial charge in [0.1, 0.15) is 29.4 Å². The first-order chi connectivity index (χ1) is 28.7. The summed E-state index contributed by atoms with van der Waals surface area (Å²) in [6, 6.07) is 13.5. The molecule has 0 spiro atoms. The number of piperazine rings is 1. The van der Waals surface area contributed by atoms with Gasteiger partial charge in [-0.2, -0.15) is 15.5 Å². The quantitative estimate of drug-likeness (QED) is 0.111. The second-order valence-electron chi connectivity index (χ2n) is 17.3. The van der Waals surface area contributed by atoms with Crippen LogP contribution in [0, 0.1) is 28.2 Å². The number of carbonyl (C=O) groups excluding carboxylic acids is 3. The molecule has 3 amide bonds. The van der Waals surface area contributed by atoms with Crippen molar-refractivity contribution in [2.24, 2.45) is 0 Å². The predicted molar refractivity (Wildman–Crippen MR) is 217 cm³/mol. The number of hydrogen-bond donors (Lipinski definition) is 3. The van der Waals surface area contributed by atoms with Crippen LogP contribution in [-0.2, 0) is 15.2 Å². The molecule has 3 aromatic heterocycles. The SMILES string of the molecule is CC(C)(O)c1cc2nn(C3CCC(N4CC[N+]([O-])(C5CN(c6cc(F)c([C@H]7CCC(=O)NC7=O)c(F)c6)C5)CC4)CC3)cc2cc1NC(=O)c1ccc2cc(C#N)cnn12. The van der Waals surface area contributed by atoms with Crippen molar-refractivity contribution < 1.29 is 32.9 Å². The Hall–Kier alpha value is -5.80. The molecule has 0 bridgehead atoms. The van der Waals surface area contributed by atoms with Crippen LogP contribution in [0.1, 0.15) is 91.5 Å². The lowest BCUT2D eigenvalue weighted by Crippen LogP contribution is -2.71. The summed E-state index contributed by atoms with van der Waals surface area (Å²) in [6.45, 7) is 6.35. The van der Waals surface area contributed by atoms with Gasteiger partial charge in [-0.05, 0) is 88.4 Å². The topological polar surface area (TPSA) is 184 Å². The van der Waals surface area contributed by atoms with E-state index in [-0.39, 0.29) is 40.8 Å². The van der Waals surface area contributed by atoms with Crippen LogP contribution in [0.25, 0.3) is 16.4 Å². The summed E-state index contributed by atoms with van der Waals surface area (Å²) in [4.78, 5) is 41.5. The van der Waals surface area contributed by atoms with E-state index < -0.39 is 40.9 Å². The predicted octanol–water partition coefficient (Wildman–Crippen LogP) is 4.84. The van der Waals surface area contributed by atoms with Crippen LogP contribution < -0.4 is 15.5 Å². The van der Waals surface area contributed by atoms with E-state index in [4.69, 9.17) is 5.10 Å². The second-order valence-corrected chi connectivity index (χ2v) is 17.3. The van der Waals surface area contributed by atoms with E-state index in [9.17, 15) is 30.0 Å². The molecule has 4 fully saturated rings. The molecule has 2 aromatic carbocycles. The van der Waals surface area contributed by atoms with E-state index in [0.29, 0.717) is 78.8 Å². The molecule has 6 heterocycles. The Morgan fingerprint density at radius 3 is 2.38 bits per heavy atom. The van der Waals surface area contributed by atoms with Gasteiger partial charge in [0.05, 0.1) is 66.5 Å². The number of nitrogens with zero attached hydrogens (tertiary/aromatic N) is 8. The standard InChI is InChI=1S/C43H46F2N10O5/c1-43(2,59)33-19-36-26(16-37(33)48-42(58)38-9-7-29-15-25(20-46)21-47-54(29)38)22-53(50-36)28-5-3-27(4-6-28)51-11-13-55(60,14-12-51)31-23-52(24-31)30-17-34(44)40(35(45)18-30)32-8-10-39(56)49-41(32)57/h7,9,15-19,21-22,27-28,31-32,59H,3-6,8,10-14,23-24H2,1-2H3,(H,48,58)(H,49,56,57)/t27?,28?,32-/m1/s1. The maximum atomic E-state index is 15.2. The van der Waals surface area contributed by atoms with E-state index in [2.05, 4.69) is 26.7 Å². The lowest BCUT2D eigenvalue weighted by atomic mass is 9.89. The fraction of sp³-hybridized carbons (Fsp3) is 0.442. The number of aromatic nitrogens is 4. The van der Waals surface area contributed by atoms with Crippen LogP contribution in [0.3, 0.4) is 0 Å². The van der Waals surface area contributed by atoms with Gasteiger partial charge in [0.2, 0.25) is 11.8 Å². The zero-order chi connectivity index (χ0) is 42.1. The van der Waals surface area contributed by atoms with Gasteiger partial charge in [-0.1, -0.05) is 0 Å². The van der Waals surface area contributed by atoms with E-state index in [1.54, 1.807) is 36.9 Å². The fourth-order valence-corrected chi connectivity index (χ4v) is 9.56. The first-order valence-electron chi connectivity index (χ1n) is 20.5. The summed E-state index contributed by atoms with van der Waals surface area (Å²) < 4.78 is 33.5. The van der Waals surface area contributed by atoms with Gasteiger partial charge in [0, 0.05) is 59.6 Å². The fourth-order valence-electron chi connectivity index (χ4n) is 9.56. The molecule has 9 rings (SSSR count). The van der Waals surface area contributed by atoms with Gasteiger partial charge in [-0.15, -0.1) is 0 Å². The first kappa shape index (κ1) is 39.6.